The first-order valence-electron chi connectivity index (χ1n) is 7.43. The van der Waals surface area contributed by atoms with Crippen LogP contribution < -0.4 is 5.32 Å². The molecule has 2 aliphatic heterocycles. The molecule has 1 aromatic rings. The maximum Gasteiger partial charge on any atom is 0.509 e. The Balaban J connectivity index is 1.44. The van der Waals surface area contributed by atoms with Crippen molar-refractivity contribution in [1.82, 2.24) is 15.1 Å². The highest BCUT2D eigenvalue weighted by Crippen LogP contribution is 2.31. The normalized spacial score (nSPS) is 20.3. The predicted molar refractivity (Wildman–Crippen MR) is 85.8 cm³/mol. The topological polar surface area (TPSA) is 93.7 Å². The highest BCUT2D eigenvalue weighted by atomic mass is 32.2. The van der Waals surface area contributed by atoms with E-state index in [-0.39, 0.29) is 5.91 Å². The molecule has 3 rings (SSSR count). The van der Waals surface area contributed by atoms with Gasteiger partial charge in [-0.1, -0.05) is 30.0 Å². The Morgan fingerprint density at radius 3 is 2.87 bits per heavy atom. The van der Waals surface area contributed by atoms with E-state index >= 15 is 0 Å². The summed E-state index contributed by atoms with van der Waals surface area (Å²) in [5.74, 6) is 0.816. The van der Waals surface area contributed by atoms with Gasteiger partial charge in [0.2, 0.25) is 11.0 Å². The van der Waals surface area contributed by atoms with E-state index < -0.39 is 11.8 Å². The molecule has 2 fully saturated rings. The van der Waals surface area contributed by atoms with Gasteiger partial charge < -0.3 is 9.47 Å². The van der Waals surface area contributed by atoms with Gasteiger partial charge in [0.05, 0.1) is 6.54 Å². The van der Waals surface area contributed by atoms with Crippen LogP contribution >= 0.6 is 23.1 Å². The smallest absolute Gasteiger partial charge is 0.430 e. The number of carbonyl (C=O) groups is 2. The number of aromatic nitrogens is 2. The lowest BCUT2D eigenvalue weighted by Gasteiger charge is -2.35. The third-order valence-electron chi connectivity index (χ3n) is 3.81. The zero-order chi connectivity index (χ0) is 16.3. The Morgan fingerprint density at radius 1 is 1.43 bits per heavy atom. The number of carbonyl (C=O) groups excluding carboxylic acids is 2. The summed E-state index contributed by atoms with van der Waals surface area (Å²) in [6, 6.07) is 0. The molecule has 3 heterocycles. The monoisotopic (exact) mass is 358 g/mol. The summed E-state index contributed by atoms with van der Waals surface area (Å²) in [7, 11) is 0. The standard InChI is InChI=1S/C13H18N4O4S2/c1-2-22-11-16-15-10(23-11)14-9(18)7-17-5-3-13(4-6-17)8-20-12(19)21-13/h2-8H2,1H3,(H,14,15,18). The number of nitrogens with one attached hydrogen (secondary N) is 1. The van der Waals surface area contributed by atoms with Crippen LogP contribution in [0.1, 0.15) is 19.8 Å². The summed E-state index contributed by atoms with van der Waals surface area (Å²) < 4.78 is 11.0. The Labute approximate surface area is 141 Å². The average Bonchev–Trinajstić information content (AvgIpc) is 3.10. The number of cyclic esters (lactones) is 1. The van der Waals surface area contributed by atoms with E-state index in [2.05, 4.69) is 15.5 Å². The molecule has 0 radical (unpaired) electrons. The minimum absolute atomic E-state index is 0.107. The van der Waals surface area contributed by atoms with E-state index in [9.17, 15) is 9.59 Å². The van der Waals surface area contributed by atoms with E-state index in [1.54, 1.807) is 11.8 Å². The van der Waals surface area contributed by atoms with Crippen LogP contribution in [-0.2, 0) is 14.3 Å². The van der Waals surface area contributed by atoms with Crippen molar-refractivity contribution in [2.24, 2.45) is 0 Å². The van der Waals surface area contributed by atoms with Crippen molar-refractivity contribution in [1.29, 1.82) is 0 Å². The molecule has 1 aromatic heterocycles. The quantitative estimate of drug-likeness (QED) is 0.482. The van der Waals surface area contributed by atoms with Gasteiger partial charge in [-0.2, -0.15) is 0 Å². The van der Waals surface area contributed by atoms with Gasteiger partial charge in [-0.25, -0.2) is 4.79 Å². The minimum atomic E-state index is -0.590. The second kappa shape index (κ2) is 7.02. The number of hydrogen-bond donors (Lipinski definition) is 1. The lowest BCUT2D eigenvalue weighted by atomic mass is 9.92. The molecular formula is C13H18N4O4S2. The number of likely N-dealkylation sites (tertiary alicyclic amines) is 1. The zero-order valence-electron chi connectivity index (χ0n) is 12.7. The van der Waals surface area contributed by atoms with Crippen LogP contribution in [0, 0.1) is 0 Å². The first-order chi connectivity index (χ1) is 11.1. The van der Waals surface area contributed by atoms with Crippen molar-refractivity contribution in [2.75, 3.05) is 37.3 Å². The van der Waals surface area contributed by atoms with Gasteiger partial charge in [-0.05, 0) is 5.75 Å². The summed E-state index contributed by atoms with van der Waals surface area (Å²) in [6.07, 6.45) is 0.776. The van der Waals surface area contributed by atoms with Crippen molar-refractivity contribution in [3.8, 4) is 0 Å². The summed E-state index contributed by atoms with van der Waals surface area (Å²) >= 11 is 2.98. The molecule has 23 heavy (non-hydrogen) atoms. The Morgan fingerprint density at radius 2 is 2.22 bits per heavy atom. The van der Waals surface area contributed by atoms with Crippen LogP contribution in [-0.4, -0.2) is 64.8 Å². The Bertz CT molecular complexity index is 586. The number of amides is 1. The molecule has 1 spiro atoms. The van der Waals surface area contributed by atoms with E-state index in [0.29, 0.717) is 44.2 Å². The maximum absolute atomic E-state index is 12.1. The largest absolute Gasteiger partial charge is 0.509 e. The Hall–Kier alpha value is -1.39. The summed E-state index contributed by atoms with van der Waals surface area (Å²) in [6.45, 7) is 4.03. The highest BCUT2D eigenvalue weighted by Gasteiger charge is 2.44. The molecule has 0 aliphatic carbocycles. The molecule has 0 saturated carbocycles. The van der Waals surface area contributed by atoms with Crippen LogP contribution in [0.3, 0.4) is 0 Å². The molecule has 10 heteroatoms. The van der Waals surface area contributed by atoms with Gasteiger partial charge in [-0.3, -0.25) is 15.0 Å². The van der Waals surface area contributed by atoms with Crippen LogP contribution in [0.4, 0.5) is 9.93 Å². The molecule has 0 aromatic carbocycles. The van der Waals surface area contributed by atoms with Gasteiger partial charge in [0.1, 0.15) is 6.61 Å². The SMILES string of the molecule is CCSc1nnc(NC(=O)CN2CCC3(CC2)COC(=O)O3)s1. The number of ether oxygens (including phenoxy) is 2. The molecule has 8 nitrogen and oxygen atoms in total. The molecule has 0 atom stereocenters. The van der Waals surface area contributed by atoms with Crippen molar-refractivity contribution in [3.05, 3.63) is 0 Å². The lowest BCUT2D eigenvalue weighted by Crippen LogP contribution is -2.48. The van der Waals surface area contributed by atoms with Crippen LogP contribution in [0.25, 0.3) is 0 Å². The van der Waals surface area contributed by atoms with Gasteiger partial charge in [0.15, 0.2) is 9.94 Å². The number of nitrogens with zero attached hydrogens (tertiary/aromatic N) is 3. The fourth-order valence-electron chi connectivity index (χ4n) is 2.60. The van der Waals surface area contributed by atoms with E-state index in [0.717, 1.165) is 10.1 Å². The fraction of sp³-hybridized carbons (Fsp3) is 0.692. The number of rotatable bonds is 5. The Kier molecular flexibility index (Phi) is 5.02. The number of thioether (sulfide) groups is 1. The van der Waals surface area contributed by atoms with Crippen LogP contribution in [0.15, 0.2) is 4.34 Å². The second-order valence-corrected chi connectivity index (χ2v) is 7.94. The lowest BCUT2D eigenvalue weighted by molar-refractivity contribution is -0.118. The summed E-state index contributed by atoms with van der Waals surface area (Å²) in [5, 5.41) is 11.3. The summed E-state index contributed by atoms with van der Waals surface area (Å²) in [4.78, 5) is 25.2. The molecule has 1 amide bonds. The van der Waals surface area contributed by atoms with Gasteiger partial charge >= 0.3 is 6.16 Å². The molecule has 2 saturated heterocycles. The highest BCUT2D eigenvalue weighted by molar-refractivity contribution is 8.01. The van der Waals surface area contributed by atoms with E-state index in [1.165, 1.54) is 11.3 Å². The summed E-state index contributed by atoms with van der Waals surface area (Å²) in [5.41, 5.74) is -0.491. The van der Waals surface area contributed by atoms with Gasteiger partial charge in [0, 0.05) is 25.9 Å². The number of hydrogen-bond acceptors (Lipinski definition) is 9. The third-order valence-corrected chi connectivity index (χ3v) is 5.66. The molecule has 126 valence electrons. The number of anilines is 1. The molecular weight excluding hydrogens is 340 g/mol. The molecule has 0 unspecified atom stereocenters. The van der Waals surface area contributed by atoms with Crippen LogP contribution in [0.2, 0.25) is 0 Å². The van der Waals surface area contributed by atoms with E-state index in [1.807, 2.05) is 11.8 Å². The molecule has 0 bridgehead atoms. The van der Waals surface area contributed by atoms with E-state index in [4.69, 9.17) is 9.47 Å². The van der Waals surface area contributed by atoms with Crippen molar-refractivity contribution in [3.63, 3.8) is 0 Å². The first kappa shape index (κ1) is 16.5. The van der Waals surface area contributed by atoms with Crippen molar-refractivity contribution < 1.29 is 19.1 Å². The van der Waals surface area contributed by atoms with Gasteiger partial charge in [-0.15, -0.1) is 10.2 Å². The fourth-order valence-corrected chi connectivity index (χ4v) is 4.26. The number of piperidine rings is 1. The first-order valence-corrected chi connectivity index (χ1v) is 9.23. The molecule has 2 aliphatic rings. The maximum atomic E-state index is 12.1. The van der Waals surface area contributed by atoms with Crippen molar-refractivity contribution in [2.45, 2.75) is 29.7 Å². The predicted octanol–water partition coefficient (Wildman–Crippen LogP) is 1.59. The molecule has 1 N–H and O–H groups in total. The average molecular weight is 358 g/mol. The minimum Gasteiger partial charge on any atom is -0.430 e. The van der Waals surface area contributed by atoms with Crippen LogP contribution in [0.5, 0.6) is 0 Å². The third kappa shape index (κ3) is 4.12. The second-order valence-electron chi connectivity index (χ2n) is 5.45. The van der Waals surface area contributed by atoms with Crippen molar-refractivity contribution >= 4 is 40.3 Å². The zero-order valence-corrected chi connectivity index (χ0v) is 14.4. The van der Waals surface area contributed by atoms with Gasteiger partial charge in [0.25, 0.3) is 0 Å².